The number of pyridine rings is 1. The van der Waals surface area contributed by atoms with Crippen LogP contribution < -0.4 is 10.6 Å². The fourth-order valence-corrected chi connectivity index (χ4v) is 3.05. The van der Waals surface area contributed by atoms with Crippen molar-refractivity contribution < 1.29 is 9.21 Å². The van der Waals surface area contributed by atoms with E-state index in [4.69, 9.17) is 4.42 Å². The van der Waals surface area contributed by atoms with Crippen LogP contribution in [0.25, 0.3) is 0 Å². The number of nitrogens with one attached hydrogen (secondary N) is 2. The summed E-state index contributed by atoms with van der Waals surface area (Å²) in [6.45, 7) is 3.21. The van der Waals surface area contributed by atoms with Crippen molar-refractivity contribution in [3.05, 3.63) is 54.2 Å². The number of likely N-dealkylation sites (tertiary alicyclic amines) is 1. The molecule has 3 rings (SSSR count). The quantitative estimate of drug-likeness (QED) is 0.818. The lowest BCUT2D eigenvalue weighted by Crippen LogP contribution is -2.42. The Morgan fingerprint density at radius 2 is 2.08 bits per heavy atom. The van der Waals surface area contributed by atoms with Crippen LogP contribution in [0.5, 0.6) is 0 Å². The molecular weight excluding hydrogens is 304 g/mol. The number of amides is 2. The predicted molar refractivity (Wildman–Crippen MR) is 91.6 cm³/mol. The molecule has 1 aliphatic heterocycles. The number of urea groups is 1. The molecular formula is C18H24N4O2. The van der Waals surface area contributed by atoms with Crippen molar-refractivity contribution >= 4 is 6.03 Å². The second-order valence-corrected chi connectivity index (χ2v) is 5.98. The van der Waals surface area contributed by atoms with Gasteiger partial charge in [0.2, 0.25) is 0 Å². The van der Waals surface area contributed by atoms with Crippen LogP contribution in [0.2, 0.25) is 0 Å². The molecule has 2 N–H and O–H groups in total. The van der Waals surface area contributed by atoms with Crippen LogP contribution in [-0.4, -0.2) is 42.1 Å². The van der Waals surface area contributed by atoms with E-state index in [0.717, 1.165) is 31.0 Å². The lowest BCUT2D eigenvalue weighted by atomic mass is 10.2. The van der Waals surface area contributed by atoms with Crippen molar-refractivity contribution in [1.29, 1.82) is 0 Å². The summed E-state index contributed by atoms with van der Waals surface area (Å²) in [7, 11) is 0. The van der Waals surface area contributed by atoms with Crippen LogP contribution in [-0.2, 0) is 6.42 Å². The maximum Gasteiger partial charge on any atom is 0.314 e. The molecule has 0 unspecified atom stereocenters. The van der Waals surface area contributed by atoms with Gasteiger partial charge >= 0.3 is 6.03 Å². The molecule has 1 fully saturated rings. The van der Waals surface area contributed by atoms with Gasteiger partial charge in [0.25, 0.3) is 0 Å². The highest BCUT2D eigenvalue weighted by atomic mass is 16.3. The summed E-state index contributed by atoms with van der Waals surface area (Å²) in [5.74, 6) is 0.908. The normalized spacial score (nSPS) is 16.0. The molecule has 0 bridgehead atoms. The number of rotatable bonds is 7. The van der Waals surface area contributed by atoms with Crippen molar-refractivity contribution in [2.24, 2.45) is 0 Å². The molecule has 6 nitrogen and oxygen atoms in total. The maximum atomic E-state index is 12.0. The van der Waals surface area contributed by atoms with E-state index in [0.29, 0.717) is 13.1 Å². The van der Waals surface area contributed by atoms with E-state index in [1.807, 2.05) is 30.3 Å². The van der Waals surface area contributed by atoms with Gasteiger partial charge in [-0.1, -0.05) is 6.07 Å². The summed E-state index contributed by atoms with van der Waals surface area (Å²) in [5.41, 5.74) is 0.975. The van der Waals surface area contributed by atoms with Crippen LogP contribution in [0.15, 0.2) is 47.2 Å². The Bertz CT molecular complexity index is 609. The Kier molecular flexibility index (Phi) is 5.85. The number of aromatic nitrogens is 1. The summed E-state index contributed by atoms with van der Waals surface area (Å²) >= 11 is 0. The van der Waals surface area contributed by atoms with E-state index >= 15 is 0 Å². The molecule has 3 heterocycles. The fourth-order valence-electron chi connectivity index (χ4n) is 3.05. The highest BCUT2D eigenvalue weighted by molar-refractivity contribution is 5.73. The van der Waals surface area contributed by atoms with E-state index in [2.05, 4.69) is 20.5 Å². The summed E-state index contributed by atoms with van der Waals surface area (Å²) in [6, 6.07) is 9.61. The van der Waals surface area contributed by atoms with Gasteiger partial charge in [0.1, 0.15) is 5.76 Å². The highest BCUT2D eigenvalue weighted by Crippen LogP contribution is 2.24. The van der Waals surface area contributed by atoms with Gasteiger partial charge in [-0.3, -0.25) is 9.88 Å². The SMILES string of the molecule is O=C(NCCc1ccccn1)NC[C@@H](c1ccco1)N1CCCC1. The van der Waals surface area contributed by atoms with Gasteiger partial charge in [-0.05, 0) is 50.2 Å². The number of hydrogen-bond donors (Lipinski definition) is 2. The van der Waals surface area contributed by atoms with Crippen LogP contribution in [0.3, 0.4) is 0 Å². The molecule has 24 heavy (non-hydrogen) atoms. The van der Waals surface area contributed by atoms with Crippen molar-refractivity contribution in [3.8, 4) is 0 Å². The Morgan fingerprint density at radius 1 is 1.21 bits per heavy atom. The number of carbonyl (C=O) groups is 1. The molecule has 0 radical (unpaired) electrons. The van der Waals surface area contributed by atoms with Crippen LogP contribution >= 0.6 is 0 Å². The lowest BCUT2D eigenvalue weighted by Gasteiger charge is -2.26. The molecule has 0 aromatic carbocycles. The second-order valence-electron chi connectivity index (χ2n) is 5.98. The predicted octanol–water partition coefficient (Wildman–Crippen LogP) is 2.35. The van der Waals surface area contributed by atoms with Gasteiger partial charge < -0.3 is 15.1 Å². The van der Waals surface area contributed by atoms with Crippen molar-refractivity contribution in [1.82, 2.24) is 20.5 Å². The highest BCUT2D eigenvalue weighted by Gasteiger charge is 2.25. The maximum absolute atomic E-state index is 12.0. The topological polar surface area (TPSA) is 70.4 Å². The lowest BCUT2D eigenvalue weighted by molar-refractivity contribution is 0.203. The van der Waals surface area contributed by atoms with Crippen molar-refractivity contribution in [2.75, 3.05) is 26.2 Å². The minimum absolute atomic E-state index is 0.101. The van der Waals surface area contributed by atoms with Gasteiger partial charge in [-0.25, -0.2) is 4.79 Å². The molecule has 1 atom stereocenters. The van der Waals surface area contributed by atoms with Crippen molar-refractivity contribution in [3.63, 3.8) is 0 Å². The zero-order chi connectivity index (χ0) is 16.6. The molecule has 128 valence electrons. The van der Waals surface area contributed by atoms with Gasteiger partial charge in [-0.2, -0.15) is 0 Å². The molecule has 2 amide bonds. The number of furan rings is 1. The Hall–Kier alpha value is -2.34. The summed E-state index contributed by atoms with van der Waals surface area (Å²) in [6.07, 6.45) is 6.58. The molecule has 1 saturated heterocycles. The number of carbonyl (C=O) groups excluding carboxylic acids is 1. The molecule has 0 aliphatic carbocycles. The first-order valence-electron chi connectivity index (χ1n) is 8.52. The Balaban J connectivity index is 1.44. The smallest absolute Gasteiger partial charge is 0.314 e. The first-order chi connectivity index (χ1) is 11.8. The van der Waals surface area contributed by atoms with E-state index in [1.165, 1.54) is 12.8 Å². The van der Waals surface area contributed by atoms with Gasteiger partial charge in [0.05, 0.1) is 12.3 Å². The average molecular weight is 328 g/mol. The minimum Gasteiger partial charge on any atom is -0.468 e. The molecule has 1 aliphatic rings. The average Bonchev–Trinajstić information content (AvgIpc) is 3.30. The third-order valence-electron chi connectivity index (χ3n) is 4.30. The van der Waals surface area contributed by atoms with Crippen LogP contribution in [0.4, 0.5) is 4.79 Å². The molecule has 2 aromatic heterocycles. The third-order valence-corrected chi connectivity index (χ3v) is 4.30. The zero-order valence-electron chi connectivity index (χ0n) is 13.8. The summed E-state index contributed by atoms with van der Waals surface area (Å²) < 4.78 is 5.56. The van der Waals surface area contributed by atoms with Gasteiger partial charge in [0.15, 0.2) is 0 Å². The zero-order valence-corrected chi connectivity index (χ0v) is 13.8. The third kappa shape index (κ3) is 4.58. The molecule has 0 spiro atoms. The molecule has 2 aromatic rings. The Labute approximate surface area is 142 Å². The largest absolute Gasteiger partial charge is 0.468 e. The van der Waals surface area contributed by atoms with Crippen molar-refractivity contribution in [2.45, 2.75) is 25.3 Å². The van der Waals surface area contributed by atoms with E-state index in [-0.39, 0.29) is 12.1 Å². The second kappa shape index (κ2) is 8.49. The first kappa shape index (κ1) is 16.5. The standard InChI is InChI=1S/C18H24N4O2/c23-18(20-10-8-15-6-1-2-9-19-15)21-14-16(17-7-5-13-24-17)22-11-3-4-12-22/h1-2,5-7,9,13,16H,3-4,8,10-12,14H2,(H2,20,21,23)/t16-/m0/s1. The van der Waals surface area contributed by atoms with Gasteiger partial charge in [-0.15, -0.1) is 0 Å². The Morgan fingerprint density at radius 3 is 2.79 bits per heavy atom. The summed E-state index contributed by atoms with van der Waals surface area (Å²) in [5, 5.41) is 5.85. The summed E-state index contributed by atoms with van der Waals surface area (Å²) in [4.78, 5) is 18.6. The van der Waals surface area contributed by atoms with Gasteiger partial charge in [0, 0.05) is 31.4 Å². The molecule has 6 heteroatoms. The van der Waals surface area contributed by atoms with E-state index in [1.54, 1.807) is 12.5 Å². The molecule has 0 saturated carbocycles. The number of hydrogen-bond acceptors (Lipinski definition) is 4. The van der Waals surface area contributed by atoms with Crippen LogP contribution in [0, 0.1) is 0 Å². The fraction of sp³-hybridized carbons (Fsp3) is 0.444. The monoisotopic (exact) mass is 328 g/mol. The minimum atomic E-state index is -0.151. The number of nitrogens with zero attached hydrogens (tertiary/aromatic N) is 2. The van der Waals surface area contributed by atoms with Crippen LogP contribution in [0.1, 0.15) is 30.3 Å². The van der Waals surface area contributed by atoms with E-state index < -0.39 is 0 Å². The first-order valence-corrected chi connectivity index (χ1v) is 8.52. The van der Waals surface area contributed by atoms with E-state index in [9.17, 15) is 4.79 Å².